The maximum atomic E-state index is 13.3. The van der Waals surface area contributed by atoms with Crippen molar-refractivity contribution in [2.24, 2.45) is 11.8 Å². The number of anilines is 1. The minimum absolute atomic E-state index is 0.0624. The Morgan fingerprint density at radius 1 is 1.12 bits per heavy atom. The summed E-state index contributed by atoms with van der Waals surface area (Å²) < 4.78 is 5.75. The van der Waals surface area contributed by atoms with Gasteiger partial charge in [0, 0.05) is 18.6 Å². The van der Waals surface area contributed by atoms with Crippen LogP contribution in [0.25, 0.3) is 0 Å². The first-order valence-corrected chi connectivity index (χ1v) is 11.6. The highest BCUT2D eigenvalue weighted by atomic mass is 16.6. The van der Waals surface area contributed by atoms with E-state index in [2.05, 4.69) is 17.9 Å². The van der Waals surface area contributed by atoms with E-state index in [0.717, 1.165) is 42.6 Å². The molecule has 0 bridgehead atoms. The number of fused-ring (bicyclic) bond motifs is 2. The number of hydrogen-bond acceptors (Lipinski definition) is 4. The number of carboxylic acids is 1. The summed E-state index contributed by atoms with van der Waals surface area (Å²) in [5.41, 5.74) is 2.94. The second-order valence-electron chi connectivity index (χ2n) is 8.90. The van der Waals surface area contributed by atoms with Crippen LogP contribution in [-0.4, -0.2) is 41.2 Å². The lowest BCUT2D eigenvalue weighted by atomic mass is 9.81. The van der Waals surface area contributed by atoms with Gasteiger partial charge in [0.05, 0.1) is 11.6 Å². The number of benzene rings is 2. The molecule has 3 unspecified atom stereocenters. The molecule has 1 aliphatic carbocycles. The molecular formula is C26H32N2O4. The van der Waals surface area contributed by atoms with Crippen molar-refractivity contribution in [1.82, 2.24) is 4.90 Å². The van der Waals surface area contributed by atoms with Crippen molar-refractivity contribution >= 4 is 17.7 Å². The van der Waals surface area contributed by atoms with E-state index in [-0.39, 0.29) is 30.7 Å². The molecule has 2 aromatic rings. The molecule has 170 valence electrons. The average molecular weight is 437 g/mol. The number of ether oxygens (including phenoxy) is 1. The molecule has 2 aliphatic rings. The third kappa shape index (κ3) is 4.37. The Kier molecular flexibility index (Phi) is 6.80. The zero-order chi connectivity index (χ0) is 22.7. The smallest absolute Gasteiger partial charge is 0.414 e. The lowest BCUT2D eigenvalue weighted by Gasteiger charge is -2.47. The third-order valence-corrected chi connectivity index (χ3v) is 6.92. The zero-order valence-corrected chi connectivity index (χ0v) is 18.8. The molecule has 1 amide bonds. The number of nitrogens with zero attached hydrogens (tertiary/aromatic N) is 2. The molecule has 1 fully saturated rings. The largest absolute Gasteiger partial charge is 0.481 e. The van der Waals surface area contributed by atoms with Crippen LogP contribution in [0.15, 0.2) is 54.6 Å². The van der Waals surface area contributed by atoms with E-state index in [1.807, 2.05) is 53.4 Å². The van der Waals surface area contributed by atoms with Gasteiger partial charge in [0.2, 0.25) is 0 Å². The highest BCUT2D eigenvalue weighted by Gasteiger charge is 2.48. The lowest BCUT2D eigenvalue weighted by molar-refractivity contribution is -0.142. The number of carboxylic acid groups (broad SMARTS) is 1. The number of hydrogen-bond donors (Lipinski definition) is 1. The molecule has 6 heteroatoms. The summed E-state index contributed by atoms with van der Waals surface area (Å²) in [6.45, 7) is 5.35. The molecule has 1 saturated carbocycles. The zero-order valence-electron chi connectivity index (χ0n) is 18.8. The van der Waals surface area contributed by atoms with Crippen LogP contribution >= 0.6 is 0 Å². The second kappa shape index (κ2) is 9.74. The van der Waals surface area contributed by atoms with Crippen LogP contribution in [0.2, 0.25) is 0 Å². The van der Waals surface area contributed by atoms with Crippen molar-refractivity contribution in [2.45, 2.75) is 51.8 Å². The Hall–Kier alpha value is -2.86. The summed E-state index contributed by atoms with van der Waals surface area (Å²) in [6.07, 6.45) is 2.69. The average Bonchev–Trinajstić information content (AvgIpc) is 3.29. The van der Waals surface area contributed by atoms with Gasteiger partial charge in [-0.2, -0.15) is 0 Å². The minimum atomic E-state index is -0.776. The highest BCUT2D eigenvalue weighted by molar-refractivity contribution is 5.90. The first-order valence-electron chi connectivity index (χ1n) is 11.6. The molecule has 0 radical (unpaired) electrons. The Morgan fingerprint density at radius 2 is 1.84 bits per heavy atom. The molecule has 4 atom stereocenters. The minimum Gasteiger partial charge on any atom is -0.481 e. The van der Waals surface area contributed by atoms with Gasteiger partial charge in [-0.25, -0.2) is 4.79 Å². The van der Waals surface area contributed by atoms with E-state index in [9.17, 15) is 14.7 Å². The van der Waals surface area contributed by atoms with Crippen molar-refractivity contribution in [2.75, 3.05) is 18.0 Å². The highest BCUT2D eigenvalue weighted by Crippen LogP contribution is 2.50. The fraction of sp³-hybridized carbons (Fsp3) is 0.462. The quantitative estimate of drug-likeness (QED) is 0.654. The number of aliphatic carboxylic acids is 1. The summed E-state index contributed by atoms with van der Waals surface area (Å²) in [7, 11) is 0. The normalized spacial score (nSPS) is 22.8. The Balaban J connectivity index is 1.64. The number of amides is 1. The van der Waals surface area contributed by atoms with E-state index < -0.39 is 11.9 Å². The number of carbonyl (C=O) groups excluding carboxylic acids is 1. The van der Waals surface area contributed by atoms with E-state index >= 15 is 0 Å². The van der Waals surface area contributed by atoms with Crippen LogP contribution in [0.1, 0.15) is 50.3 Å². The molecule has 0 spiro atoms. The van der Waals surface area contributed by atoms with Gasteiger partial charge >= 0.3 is 12.1 Å². The summed E-state index contributed by atoms with van der Waals surface area (Å²) in [5, 5.41) is 9.48. The van der Waals surface area contributed by atoms with Crippen molar-refractivity contribution < 1.29 is 19.4 Å². The maximum absolute atomic E-state index is 13.3. The van der Waals surface area contributed by atoms with Gasteiger partial charge in [0.15, 0.2) is 0 Å². The SMILES string of the molecule is CCN(C[C@H](C)C(=O)O)C1c2ccccc2N(C(=O)OCc2ccccc2)C2CCCC12. The molecule has 1 aliphatic heterocycles. The summed E-state index contributed by atoms with van der Waals surface area (Å²) >= 11 is 0. The van der Waals surface area contributed by atoms with Gasteiger partial charge in [0.1, 0.15) is 6.61 Å². The Morgan fingerprint density at radius 3 is 2.56 bits per heavy atom. The fourth-order valence-electron chi connectivity index (χ4n) is 5.38. The molecule has 6 nitrogen and oxygen atoms in total. The molecule has 2 aromatic carbocycles. The van der Waals surface area contributed by atoms with Crippen LogP contribution in [0.5, 0.6) is 0 Å². The van der Waals surface area contributed by atoms with Crippen molar-refractivity contribution in [3.63, 3.8) is 0 Å². The van der Waals surface area contributed by atoms with E-state index in [4.69, 9.17) is 4.74 Å². The van der Waals surface area contributed by atoms with E-state index in [1.165, 1.54) is 0 Å². The Bertz CT molecular complexity index is 948. The second-order valence-corrected chi connectivity index (χ2v) is 8.90. The molecule has 1 N–H and O–H groups in total. The van der Waals surface area contributed by atoms with E-state index in [0.29, 0.717) is 6.54 Å². The standard InChI is InChI=1S/C26H32N2O4/c1-3-27(16-18(2)25(29)30)24-20-12-7-8-14-22(20)28(23-15-9-13-21(23)24)26(31)32-17-19-10-5-4-6-11-19/h4-8,10-12,14,18,21,23-24H,3,9,13,15-17H2,1-2H3,(H,29,30)/t18-,21?,23?,24?/m0/s1. The van der Waals surface area contributed by atoms with Crippen molar-refractivity contribution in [3.05, 3.63) is 65.7 Å². The van der Waals surface area contributed by atoms with Crippen LogP contribution < -0.4 is 4.90 Å². The van der Waals surface area contributed by atoms with Gasteiger partial charge in [-0.05, 0) is 42.5 Å². The third-order valence-electron chi connectivity index (χ3n) is 6.92. The molecule has 4 rings (SSSR count). The van der Waals surface area contributed by atoms with Gasteiger partial charge in [-0.1, -0.05) is 68.8 Å². The van der Waals surface area contributed by atoms with Crippen molar-refractivity contribution in [3.8, 4) is 0 Å². The van der Waals surface area contributed by atoms with Gasteiger partial charge in [-0.3, -0.25) is 14.6 Å². The van der Waals surface area contributed by atoms with E-state index in [1.54, 1.807) is 6.92 Å². The van der Waals surface area contributed by atoms with Crippen LogP contribution in [-0.2, 0) is 16.1 Å². The molecule has 32 heavy (non-hydrogen) atoms. The van der Waals surface area contributed by atoms with Crippen LogP contribution in [0.4, 0.5) is 10.5 Å². The fourth-order valence-corrected chi connectivity index (χ4v) is 5.38. The molecule has 1 heterocycles. The predicted octanol–water partition coefficient (Wildman–Crippen LogP) is 5.10. The number of carbonyl (C=O) groups is 2. The summed E-state index contributed by atoms with van der Waals surface area (Å²) in [4.78, 5) is 29.0. The summed E-state index contributed by atoms with van der Waals surface area (Å²) in [5.74, 6) is -0.965. The van der Waals surface area contributed by atoms with Crippen LogP contribution in [0.3, 0.4) is 0 Å². The van der Waals surface area contributed by atoms with Gasteiger partial charge in [-0.15, -0.1) is 0 Å². The predicted molar refractivity (Wildman–Crippen MR) is 123 cm³/mol. The van der Waals surface area contributed by atoms with Crippen molar-refractivity contribution in [1.29, 1.82) is 0 Å². The number of rotatable bonds is 7. The maximum Gasteiger partial charge on any atom is 0.414 e. The van der Waals surface area contributed by atoms with Crippen LogP contribution in [0, 0.1) is 11.8 Å². The number of para-hydroxylation sites is 1. The van der Waals surface area contributed by atoms with Gasteiger partial charge < -0.3 is 9.84 Å². The first-order chi connectivity index (χ1) is 15.5. The monoisotopic (exact) mass is 436 g/mol. The topological polar surface area (TPSA) is 70.1 Å². The molecule has 0 saturated heterocycles. The molecular weight excluding hydrogens is 404 g/mol. The molecule has 0 aromatic heterocycles. The van der Waals surface area contributed by atoms with Gasteiger partial charge in [0.25, 0.3) is 0 Å². The lowest BCUT2D eigenvalue weighted by Crippen LogP contribution is -2.52. The first kappa shape index (κ1) is 22.3. The Labute approximate surface area is 189 Å². The summed E-state index contributed by atoms with van der Waals surface area (Å²) in [6, 6.07) is 17.9.